The third kappa shape index (κ3) is 3.28. The van der Waals surface area contributed by atoms with Crippen LogP contribution in [0, 0.1) is 16.7 Å². The number of benzene rings is 1. The summed E-state index contributed by atoms with van der Waals surface area (Å²) in [6, 6.07) is 8.26. The number of carbonyl (C=O) groups excluding carboxylic acids is 1. The molecule has 0 amide bonds. The van der Waals surface area contributed by atoms with E-state index in [1.54, 1.807) is 30.3 Å². The van der Waals surface area contributed by atoms with Gasteiger partial charge in [-0.2, -0.15) is 8.42 Å². The van der Waals surface area contributed by atoms with Crippen LogP contribution in [0.1, 0.15) is 45.3 Å². The summed E-state index contributed by atoms with van der Waals surface area (Å²) in [7, 11) is -4.24. The van der Waals surface area contributed by atoms with E-state index in [1.165, 1.54) is 0 Å². The first-order valence-electron chi connectivity index (χ1n) is 8.30. The zero-order valence-corrected chi connectivity index (χ0v) is 15.7. The molecule has 2 fully saturated rings. The molecule has 1 aromatic rings. The molecule has 0 heterocycles. The molecule has 8 heteroatoms. The summed E-state index contributed by atoms with van der Waals surface area (Å²) >= 11 is 0. The van der Waals surface area contributed by atoms with Crippen LogP contribution >= 0.6 is 0 Å². The maximum absolute atomic E-state index is 12.0. The van der Waals surface area contributed by atoms with Gasteiger partial charge in [0.1, 0.15) is 5.25 Å². The highest BCUT2D eigenvalue weighted by atomic mass is 32.2. The van der Waals surface area contributed by atoms with E-state index in [1.807, 2.05) is 20.8 Å². The summed E-state index contributed by atoms with van der Waals surface area (Å²) < 4.78 is 31.5. The molecule has 4 unspecified atom stereocenters. The normalized spacial score (nSPS) is 30.4. The number of hydrogen-bond donors (Lipinski definition) is 3. The van der Waals surface area contributed by atoms with Crippen molar-refractivity contribution in [3.8, 4) is 0 Å². The molecule has 3 rings (SSSR count). The van der Waals surface area contributed by atoms with Crippen LogP contribution in [0.4, 0.5) is 0 Å². The predicted molar refractivity (Wildman–Crippen MR) is 94.0 cm³/mol. The van der Waals surface area contributed by atoms with E-state index in [0.717, 1.165) is 6.42 Å². The van der Waals surface area contributed by atoms with Gasteiger partial charge < -0.3 is 10.2 Å². The minimum atomic E-state index is -4.24. The van der Waals surface area contributed by atoms with Crippen molar-refractivity contribution in [3.05, 3.63) is 35.9 Å². The zero-order valence-electron chi connectivity index (χ0n) is 14.9. The van der Waals surface area contributed by atoms with Gasteiger partial charge >= 0.3 is 5.97 Å². The Labute approximate surface area is 152 Å². The first-order valence-corrected chi connectivity index (χ1v) is 9.81. The van der Waals surface area contributed by atoms with E-state index in [4.69, 9.17) is 14.8 Å². The number of carboxylic acid groups (broad SMARTS) is 1. The highest BCUT2D eigenvalue weighted by Gasteiger charge is 2.69. The summed E-state index contributed by atoms with van der Waals surface area (Å²) in [5.74, 6) is -1.76. The van der Waals surface area contributed by atoms with Gasteiger partial charge in [-0.15, -0.1) is 0 Å². The molecule has 2 bridgehead atoms. The molecular formula is C18H24O7S. The SMILES string of the molecule is CC12CCC(C(S(=O)(=O)O)C1=O)C2(C)C.O=C(O)C(O)c1ccccc1. The van der Waals surface area contributed by atoms with E-state index in [9.17, 15) is 18.0 Å². The molecule has 0 aliphatic heterocycles. The van der Waals surface area contributed by atoms with Crippen molar-refractivity contribution in [1.29, 1.82) is 0 Å². The Morgan fingerprint density at radius 1 is 1.19 bits per heavy atom. The monoisotopic (exact) mass is 384 g/mol. The molecule has 7 nitrogen and oxygen atoms in total. The molecule has 1 aromatic carbocycles. The van der Waals surface area contributed by atoms with Gasteiger partial charge in [0, 0.05) is 5.41 Å². The largest absolute Gasteiger partial charge is 0.479 e. The van der Waals surface area contributed by atoms with Gasteiger partial charge in [0.05, 0.1) is 0 Å². The molecule has 2 saturated carbocycles. The van der Waals surface area contributed by atoms with Crippen molar-refractivity contribution in [2.75, 3.05) is 0 Å². The van der Waals surface area contributed by atoms with E-state index >= 15 is 0 Å². The summed E-state index contributed by atoms with van der Waals surface area (Å²) in [6.45, 7) is 5.67. The molecule has 0 saturated heterocycles. The highest BCUT2D eigenvalue weighted by molar-refractivity contribution is 7.87. The lowest BCUT2D eigenvalue weighted by molar-refractivity contribution is -0.147. The smallest absolute Gasteiger partial charge is 0.337 e. The van der Waals surface area contributed by atoms with Crippen LogP contribution in [-0.2, 0) is 19.7 Å². The minimum absolute atomic E-state index is 0.231. The molecular weight excluding hydrogens is 360 g/mol. The second-order valence-electron chi connectivity index (χ2n) is 7.65. The Bertz CT molecular complexity index is 800. The number of fused-ring (bicyclic) bond motifs is 2. The summed E-state index contributed by atoms with van der Waals surface area (Å²) in [4.78, 5) is 22.3. The maximum Gasteiger partial charge on any atom is 0.337 e. The van der Waals surface area contributed by atoms with Gasteiger partial charge in [0.15, 0.2) is 11.9 Å². The van der Waals surface area contributed by atoms with Gasteiger partial charge in [-0.1, -0.05) is 51.1 Å². The number of aliphatic hydroxyl groups excluding tert-OH is 1. The molecule has 144 valence electrons. The number of aliphatic hydroxyl groups is 1. The van der Waals surface area contributed by atoms with E-state index in [-0.39, 0.29) is 17.1 Å². The minimum Gasteiger partial charge on any atom is -0.479 e. The topological polar surface area (TPSA) is 129 Å². The summed E-state index contributed by atoms with van der Waals surface area (Å²) in [6.07, 6.45) is 0.0334. The highest BCUT2D eigenvalue weighted by Crippen LogP contribution is 2.64. The second kappa shape index (κ2) is 6.75. The Hall–Kier alpha value is -1.77. The Balaban J connectivity index is 0.000000197. The van der Waals surface area contributed by atoms with Gasteiger partial charge in [-0.3, -0.25) is 9.35 Å². The van der Waals surface area contributed by atoms with Crippen LogP contribution in [-0.4, -0.2) is 40.2 Å². The van der Waals surface area contributed by atoms with E-state index < -0.39 is 32.9 Å². The molecule has 0 spiro atoms. The Morgan fingerprint density at radius 3 is 2.08 bits per heavy atom. The van der Waals surface area contributed by atoms with Gasteiger partial charge in [0.2, 0.25) is 0 Å². The lowest BCUT2D eigenvalue weighted by Gasteiger charge is -2.32. The molecule has 26 heavy (non-hydrogen) atoms. The lowest BCUT2D eigenvalue weighted by Crippen LogP contribution is -2.38. The predicted octanol–water partition coefficient (Wildman–Crippen LogP) is 2.07. The van der Waals surface area contributed by atoms with E-state index in [2.05, 4.69) is 0 Å². The van der Waals surface area contributed by atoms with Crippen LogP contribution in [0.5, 0.6) is 0 Å². The number of ketones is 1. The molecule has 3 N–H and O–H groups in total. The third-order valence-corrected chi connectivity index (χ3v) is 7.33. The summed E-state index contributed by atoms with van der Waals surface area (Å²) in [5, 5.41) is 16.2. The first-order chi connectivity index (χ1) is 11.8. The average molecular weight is 384 g/mol. The number of rotatable bonds is 3. The summed E-state index contributed by atoms with van der Waals surface area (Å²) in [5.41, 5.74) is -0.511. The van der Waals surface area contributed by atoms with Crippen molar-refractivity contribution in [2.24, 2.45) is 16.7 Å². The van der Waals surface area contributed by atoms with Crippen molar-refractivity contribution < 1.29 is 32.8 Å². The van der Waals surface area contributed by atoms with Gasteiger partial charge in [-0.05, 0) is 29.7 Å². The molecule has 4 atom stereocenters. The van der Waals surface area contributed by atoms with Crippen molar-refractivity contribution >= 4 is 21.9 Å². The fourth-order valence-corrected chi connectivity index (χ4v) is 5.55. The standard InChI is InChI=1S/C10H16O4S.C8H8O3/c1-9(2)6-4-5-10(9,3)8(11)7(6)15(12,13)14;9-7(8(10)11)6-4-2-1-3-5-6/h6-7H,4-5H2,1-3H3,(H,12,13,14);1-5,7,9H,(H,10,11). The fraction of sp³-hybridized carbons (Fsp3) is 0.556. The molecule has 2 aliphatic rings. The van der Waals surface area contributed by atoms with Crippen LogP contribution in [0.15, 0.2) is 30.3 Å². The number of carbonyl (C=O) groups is 2. The van der Waals surface area contributed by atoms with Gasteiger partial charge in [0.25, 0.3) is 10.1 Å². The van der Waals surface area contributed by atoms with Crippen molar-refractivity contribution in [1.82, 2.24) is 0 Å². The number of hydrogen-bond acceptors (Lipinski definition) is 5. The number of carboxylic acids is 1. The second-order valence-corrected chi connectivity index (χ2v) is 9.19. The maximum atomic E-state index is 12.0. The quantitative estimate of drug-likeness (QED) is 0.680. The zero-order chi connectivity index (χ0) is 19.9. The number of Topliss-reactive ketones (excluding diaryl/α,β-unsaturated/α-hetero) is 1. The molecule has 0 aromatic heterocycles. The van der Waals surface area contributed by atoms with Crippen LogP contribution < -0.4 is 0 Å². The average Bonchev–Trinajstić information content (AvgIpc) is 2.86. The number of aliphatic carboxylic acids is 1. The Morgan fingerprint density at radius 2 is 1.73 bits per heavy atom. The van der Waals surface area contributed by atoms with E-state index in [0.29, 0.717) is 12.0 Å². The lowest BCUT2D eigenvalue weighted by atomic mass is 9.70. The molecule has 0 radical (unpaired) electrons. The van der Waals surface area contributed by atoms with Crippen LogP contribution in [0.25, 0.3) is 0 Å². The van der Waals surface area contributed by atoms with Crippen LogP contribution in [0.3, 0.4) is 0 Å². The molecule has 2 aliphatic carbocycles. The van der Waals surface area contributed by atoms with Crippen LogP contribution in [0.2, 0.25) is 0 Å². The van der Waals surface area contributed by atoms with Crippen molar-refractivity contribution in [3.63, 3.8) is 0 Å². The van der Waals surface area contributed by atoms with Gasteiger partial charge in [-0.25, -0.2) is 4.79 Å². The Kier molecular flexibility index (Phi) is 5.34. The third-order valence-electron chi connectivity index (χ3n) is 6.14. The first kappa shape index (κ1) is 20.5. The fourth-order valence-electron chi connectivity index (χ4n) is 4.12. The van der Waals surface area contributed by atoms with Crippen molar-refractivity contribution in [2.45, 2.75) is 45.0 Å².